The lowest BCUT2D eigenvalue weighted by Gasteiger charge is -2.14. The Morgan fingerprint density at radius 1 is 0.452 bits per heavy atom. The maximum absolute atomic E-state index is 6.41. The second-order valence-corrected chi connectivity index (χ2v) is 11.1. The predicted molar refractivity (Wildman–Crippen MR) is 176 cm³/mol. The average Bonchev–Trinajstić information content (AvgIpc) is 3.61. The van der Waals surface area contributed by atoms with Gasteiger partial charge < -0.3 is 8.98 Å². The molecule has 0 radical (unpaired) electrons. The van der Waals surface area contributed by atoms with Crippen LogP contribution in [-0.2, 0) is 0 Å². The minimum atomic E-state index is 0.836. The van der Waals surface area contributed by atoms with Crippen molar-refractivity contribution in [1.82, 2.24) is 9.55 Å². The molecule has 3 nitrogen and oxygen atoms in total. The van der Waals surface area contributed by atoms with Gasteiger partial charge in [0.25, 0.3) is 0 Å². The van der Waals surface area contributed by atoms with Gasteiger partial charge in [-0.05, 0) is 68.7 Å². The van der Waals surface area contributed by atoms with Crippen LogP contribution in [0.15, 0.2) is 138 Å². The molecular weight excluding hydrogens is 512 g/mol. The number of furan rings is 1. The van der Waals surface area contributed by atoms with Gasteiger partial charge in [0.1, 0.15) is 11.1 Å². The molecule has 0 atom stereocenters. The van der Waals surface area contributed by atoms with E-state index < -0.39 is 0 Å². The monoisotopic (exact) mass is 534 g/mol. The zero-order valence-electron chi connectivity index (χ0n) is 22.5. The van der Waals surface area contributed by atoms with Gasteiger partial charge in [0.2, 0.25) is 0 Å². The Hall–Kier alpha value is -5.67. The highest BCUT2D eigenvalue weighted by atomic mass is 16.3. The van der Waals surface area contributed by atoms with Gasteiger partial charge in [0.15, 0.2) is 5.58 Å². The summed E-state index contributed by atoms with van der Waals surface area (Å²) in [7, 11) is 0. The van der Waals surface area contributed by atoms with Gasteiger partial charge in [-0.2, -0.15) is 0 Å². The molecular formula is C39H22N2O. The fraction of sp³-hybridized carbons (Fsp3) is 0. The first-order chi connectivity index (χ1) is 20.8. The van der Waals surface area contributed by atoms with Crippen molar-refractivity contribution in [2.24, 2.45) is 0 Å². The summed E-state index contributed by atoms with van der Waals surface area (Å²) in [5, 5.41) is 13.3. The standard InChI is InChI=1S/C39H22N2O/c1-2-11-26-24(9-1)25-10-3-4-12-27(25)33-21-23(17-18-28(26)33)41-35-15-7-5-13-29(35)34-22-40-37-32(38(34)41)20-19-31-30-14-6-8-16-36(30)42-39(31)37/h1-22H. The van der Waals surface area contributed by atoms with Crippen LogP contribution >= 0.6 is 0 Å². The molecule has 3 aromatic heterocycles. The summed E-state index contributed by atoms with van der Waals surface area (Å²) < 4.78 is 8.82. The Balaban J connectivity index is 1.37. The third kappa shape index (κ3) is 2.77. The summed E-state index contributed by atoms with van der Waals surface area (Å²) in [6, 6.07) is 45.7. The number of hydrogen-bond acceptors (Lipinski definition) is 2. The summed E-state index contributed by atoms with van der Waals surface area (Å²) >= 11 is 0. The fourth-order valence-corrected chi connectivity index (χ4v) is 7.19. The summed E-state index contributed by atoms with van der Waals surface area (Å²) in [6.07, 6.45) is 2.02. The van der Waals surface area contributed by atoms with E-state index in [9.17, 15) is 0 Å². The number of hydrogen-bond donors (Lipinski definition) is 0. The Labute approximate surface area is 239 Å². The molecule has 0 aliphatic carbocycles. The molecule has 0 unspecified atom stereocenters. The largest absolute Gasteiger partial charge is 0.454 e. The van der Waals surface area contributed by atoms with Crippen molar-refractivity contribution in [3.63, 3.8) is 0 Å². The van der Waals surface area contributed by atoms with E-state index in [1.54, 1.807) is 0 Å². The van der Waals surface area contributed by atoms with Crippen molar-refractivity contribution >= 4 is 87.0 Å². The molecule has 10 aromatic rings. The molecule has 0 bridgehead atoms. The molecule has 0 saturated heterocycles. The van der Waals surface area contributed by atoms with Crippen molar-refractivity contribution in [2.75, 3.05) is 0 Å². The van der Waals surface area contributed by atoms with E-state index in [1.807, 2.05) is 18.3 Å². The molecule has 0 amide bonds. The van der Waals surface area contributed by atoms with E-state index in [2.05, 4.69) is 120 Å². The van der Waals surface area contributed by atoms with Crippen molar-refractivity contribution in [3.8, 4) is 5.69 Å². The molecule has 0 spiro atoms. The minimum Gasteiger partial charge on any atom is -0.454 e. The Morgan fingerprint density at radius 2 is 1.02 bits per heavy atom. The number of fused-ring (bicyclic) bond motifs is 15. The molecule has 0 N–H and O–H groups in total. The highest BCUT2D eigenvalue weighted by molar-refractivity contribution is 6.26. The van der Waals surface area contributed by atoms with Gasteiger partial charge >= 0.3 is 0 Å². The topological polar surface area (TPSA) is 31.0 Å². The number of para-hydroxylation sites is 2. The fourth-order valence-electron chi connectivity index (χ4n) is 7.19. The molecule has 0 fully saturated rings. The van der Waals surface area contributed by atoms with Crippen LogP contribution in [0.4, 0.5) is 0 Å². The van der Waals surface area contributed by atoms with Crippen LogP contribution in [0.1, 0.15) is 0 Å². The van der Waals surface area contributed by atoms with Gasteiger partial charge in [-0.25, -0.2) is 0 Å². The number of rotatable bonds is 1. The number of nitrogens with zero attached hydrogens (tertiary/aromatic N) is 2. The first-order valence-corrected chi connectivity index (χ1v) is 14.3. The second kappa shape index (κ2) is 7.96. The first kappa shape index (κ1) is 22.1. The SMILES string of the molecule is c1ccc2c(c1)oc1c2ccc2c1ncc1c3ccccc3n(-c3ccc4c5ccccc5c5ccccc5c4c3)c12. The third-order valence-corrected chi connectivity index (χ3v) is 9.00. The normalized spacial score (nSPS) is 12.3. The van der Waals surface area contributed by atoms with Crippen molar-refractivity contribution in [1.29, 1.82) is 0 Å². The van der Waals surface area contributed by atoms with Gasteiger partial charge in [0.05, 0.1) is 11.0 Å². The van der Waals surface area contributed by atoms with E-state index in [-0.39, 0.29) is 0 Å². The van der Waals surface area contributed by atoms with Crippen LogP contribution in [0.25, 0.3) is 92.7 Å². The summed E-state index contributed by atoms with van der Waals surface area (Å²) in [4.78, 5) is 5.01. The van der Waals surface area contributed by atoms with E-state index in [0.29, 0.717) is 0 Å². The third-order valence-electron chi connectivity index (χ3n) is 9.00. The molecule has 7 aromatic carbocycles. The molecule has 3 heteroatoms. The van der Waals surface area contributed by atoms with E-state index in [4.69, 9.17) is 9.40 Å². The second-order valence-electron chi connectivity index (χ2n) is 11.1. The molecule has 0 aliphatic rings. The van der Waals surface area contributed by atoms with Crippen LogP contribution in [0, 0.1) is 0 Å². The van der Waals surface area contributed by atoms with Crippen LogP contribution in [0.3, 0.4) is 0 Å². The van der Waals surface area contributed by atoms with Crippen LogP contribution in [0.2, 0.25) is 0 Å². The van der Waals surface area contributed by atoms with Crippen molar-refractivity contribution < 1.29 is 4.42 Å². The van der Waals surface area contributed by atoms with Crippen LogP contribution < -0.4 is 0 Å². The van der Waals surface area contributed by atoms with E-state index >= 15 is 0 Å². The highest BCUT2D eigenvalue weighted by Crippen LogP contribution is 2.41. The Bertz CT molecular complexity index is 2710. The molecule has 3 heterocycles. The number of pyridine rings is 1. The molecule has 10 rings (SSSR count). The quantitative estimate of drug-likeness (QED) is 0.196. The predicted octanol–water partition coefficient (Wildman–Crippen LogP) is 10.7. The maximum atomic E-state index is 6.41. The number of aromatic nitrogens is 2. The number of benzene rings is 7. The lowest BCUT2D eigenvalue weighted by atomic mass is 9.94. The van der Waals surface area contributed by atoms with E-state index in [1.165, 1.54) is 37.7 Å². The maximum Gasteiger partial charge on any atom is 0.161 e. The minimum absolute atomic E-state index is 0.836. The summed E-state index contributed by atoms with van der Waals surface area (Å²) in [5.74, 6) is 0. The lowest BCUT2D eigenvalue weighted by molar-refractivity contribution is 0.671. The summed E-state index contributed by atoms with van der Waals surface area (Å²) in [5.41, 5.74) is 6.05. The van der Waals surface area contributed by atoms with Crippen molar-refractivity contribution in [3.05, 3.63) is 134 Å². The van der Waals surface area contributed by atoms with Crippen LogP contribution in [-0.4, -0.2) is 9.55 Å². The Morgan fingerprint density at radius 3 is 1.79 bits per heavy atom. The lowest BCUT2D eigenvalue weighted by Crippen LogP contribution is -1.96. The van der Waals surface area contributed by atoms with E-state index in [0.717, 1.165) is 54.9 Å². The molecule has 0 saturated carbocycles. The van der Waals surface area contributed by atoms with Crippen molar-refractivity contribution in [2.45, 2.75) is 0 Å². The zero-order valence-corrected chi connectivity index (χ0v) is 22.5. The Kier molecular flexibility index (Phi) is 4.18. The molecule has 42 heavy (non-hydrogen) atoms. The average molecular weight is 535 g/mol. The molecule has 194 valence electrons. The first-order valence-electron chi connectivity index (χ1n) is 14.3. The van der Waals surface area contributed by atoms with Gasteiger partial charge in [-0.1, -0.05) is 91.0 Å². The van der Waals surface area contributed by atoms with Crippen LogP contribution in [0.5, 0.6) is 0 Å². The van der Waals surface area contributed by atoms with Gasteiger partial charge in [-0.15, -0.1) is 0 Å². The highest BCUT2D eigenvalue weighted by Gasteiger charge is 2.19. The molecule has 0 aliphatic heterocycles. The smallest absolute Gasteiger partial charge is 0.161 e. The zero-order chi connectivity index (χ0) is 27.4. The van der Waals surface area contributed by atoms with Gasteiger partial charge in [0, 0.05) is 38.8 Å². The van der Waals surface area contributed by atoms with Gasteiger partial charge in [-0.3, -0.25) is 4.98 Å². The summed E-state index contributed by atoms with van der Waals surface area (Å²) in [6.45, 7) is 0.